The molecule has 2 amide bonds. The van der Waals surface area contributed by atoms with Crippen LogP contribution >= 0.6 is 11.3 Å². The number of ether oxygens (including phenoxy) is 1. The monoisotopic (exact) mass is 459 g/mol. The summed E-state index contributed by atoms with van der Waals surface area (Å²) in [6.07, 6.45) is 2.05. The molecular weight excluding hydrogens is 438 g/mol. The summed E-state index contributed by atoms with van der Waals surface area (Å²) in [6.45, 7) is 3.86. The number of anilines is 1. The Hall–Kier alpha value is -3.80. The molecule has 12 heteroatoms. The van der Waals surface area contributed by atoms with E-state index in [4.69, 9.17) is 4.74 Å². The number of thiophene rings is 1. The summed E-state index contributed by atoms with van der Waals surface area (Å²) >= 11 is 1.02. The lowest BCUT2D eigenvalue weighted by atomic mass is 10.2. The van der Waals surface area contributed by atoms with E-state index in [1.807, 2.05) is 6.92 Å². The summed E-state index contributed by atoms with van der Waals surface area (Å²) in [7, 11) is 1.38. The fourth-order valence-electron chi connectivity index (χ4n) is 3.05. The van der Waals surface area contributed by atoms with Gasteiger partial charge in [0.2, 0.25) is 5.91 Å². The number of nitrogens with zero attached hydrogens (tertiary/aromatic N) is 3. The normalized spacial score (nSPS) is 10.7. The second-order valence-corrected chi connectivity index (χ2v) is 7.86. The van der Waals surface area contributed by atoms with Crippen molar-refractivity contribution in [2.75, 3.05) is 19.0 Å². The molecular formula is C20H21N5O6S. The van der Waals surface area contributed by atoms with Crippen molar-refractivity contribution in [2.45, 2.75) is 26.8 Å². The van der Waals surface area contributed by atoms with Crippen LogP contribution < -0.4 is 20.9 Å². The van der Waals surface area contributed by atoms with Crippen LogP contribution in [0.15, 0.2) is 29.3 Å². The first-order valence-electron chi connectivity index (χ1n) is 9.65. The number of hydrogen-bond acceptors (Lipinski definition) is 8. The zero-order chi connectivity index (χ0) is 23.4. The van der Waals surface area contributed by atoms with Crippen LogP contribution in [-0.2, 0) is 11.3 Å². The molecule has 0 aliphatic rings. The van der Waals surface area contributed by atoms with E-state index in [2.05, 4.69) is 15.6 Å². The van der Waals surface area contributed by atoms with Crippen LogP contribution in [0.2, 0.25) is 0 Å². The lowest BCUT2D eigenvalue weighted by Crippen LogP contribution is -2.32. The van der Waals surface area contributed by atoms with Crippen LogP contribution in [0, 0.1) is 17.0 Å². The average Bonchev–Trinajstić information content (AvgIpc) is 3.11. The summed E-state index contributed by atoms with van der Waals surface area (Å²) in [6, 6.07) is 3.84. The minimum Gasteiger partial charge on any atom is -0.495 e. The molecule has 0 spiro atoms. The molecule has 0 unspecified atom stereocenters. The van der Waals surface area contributed by atoms with Crippen LogP contribution in [0.4, 0.5) is 11.4 Å². The van der Waals surface area contributed by atoms with Gasteiger partial charge in [0.1, 0.15) is 17.1 Å². The van der Waals surface area contributed by atoms with E-state index < -0.39 is 16.4 Å². The molecule has 0 saturated heterocycles. The van der Waals surface area contributed by atoms with Crippen LogP contribution in [0.5, 0.6) is 5.75 Å². The Morgan fingerprint density at radius 2 is 2.09 bits per heavy atom. The van der Waals surface area contributed by atoms with Crippen molar-refractivity contribution < 1.29 is 19.2 Å². The van der Waals surface area contributed by atoms with Gasteiger partial charge in [0.05, 0.1) is 34.3 Å². The summed E-state index contributed by atoms with van der Waals surface area (Å²) in [5, 5.41) is 16.6. The SMILES string of the molecule is CCCNC(=O)Cn1cnc2sc(C(=O)Nc3cc([N+](=O)[O-])ccc3OC)c(C)c2c1=O. The van der Waals surface area contributed by atoms with Crippen molar-refractivity contribution in [3.63, 3.8) is 0 Å². The molecule has 2 N–H and O–H groups in total. The number of fused-ring (bicyclic) bond motifs is 1. The molecule has 3 aromatic rings. The quantitative estimate of drug-likeness (QED) is 0.389. The fraction of sp³-hybridized carbons (Fsp3) is 0.300. The highest BCUT2D eigenvalue weighted by atomic mass is 32.1. The number of amides is 2. The van der Waals surface area contributed by atoms with Crippen molar-refractivity contribution in [1.29, 1.82) is 0 Å². The van der Waals surface area contributed by atoms with E-state index in [0.29, 0.717) is 16.9 Å². The number of nitro benzene ring substituents is 1. The van der Waals surface area contributed by atoms with Gasteiger partial charge in [-0.05, 0) is 25.0 Å². The Labute approximate surface area is 186 Å². The van der Waals surface area contributed by atoms with E-state index in [0.717, 1.165) is 17.8 Å². The van der Waals surface area contributed by atoms with Crippen molar-refractivity contribution in [1.82, 2.24) is 14.9 Å². The second kappa shape index (κ2) is 9.56. The highest BCUT2D eigenvalue weighted by Gasteiger charge is 2.22. The molecule has 3 rings (SSSR count). The molecule has 11 nitrogen and oxygen atoms in total. The number of benzene rings is 1. The average molecular weight is 459 g/mol. The maximum atomic E-state index is 12.9. The zero-order valence-electron chi connectivity index (χ0n) is 17.6. The first-order valence-corrected chi connectivity index (χ1v) is 10.5. The number of nitro groups is 1. The zero-order valence-corrected chi connectivity index (χ0v) is 18.4. The first kappa shape index (κ1) is 22.9. The number of non-ortho nitro benzene ring substituents is 1. The Morgan fingerprint density at radius 1 is 1.34 bits per heavy atom. The number of carbonyl (C=O) groups is 2. The minimum atomic E-state index is -0.581. The van der Waals surface area contributed by atoms with Crippen LogP contribution in [0.25, 0.3) is 10.2 Å². The van der Waals surface area contributed by atoms with Crippen molar-refractivity contribution in [3.05, 3.63) is 55.4 Å². The number of nitrogens with one attached hydrogen (secondary N) is 2. The van der Waals surface area contributed by atoms with Gasteiger partial charge >= 0.3 is 0 Å². The standard InChI is InChI=1S/C20H21N5O6S/c1-4-7-21-15(26)9-24-10-22-19-16(20(24)28)11(2)17(32-19)18(27)23-13-8-12(25(29)30)5-6-14(13)31-3/h5-6,8,10H,4,7,9H2,1-3H3,(H,21,26)(H,23,27). The third kappa shape index (κ3) is 4.59. The predicted molar refractivity (Wildman–Crippen MR) is 120 cm³/mol. The summed E-state index contributed by atoms with van der Waals surface area (Å²) in [5.74, 6) is -0.615. The number of rotatable bonds is 8. The Bertz CT molecular complexity index is 1270. The number of hydrogen-bond donors (Lipinski definition) is 2. The molecule has 1 aromatic carbocycles. The number of methoxy groups -OCH3 is 1. The van der Waals surface area contributed by atoms with Gasteiger partial charge in [0.15, 0.2) is 0 Å². The summed E-state index contributed by atoms with van der Waals surface area (Å²) < 4.78 is 6.36. The van der Waals surface area contributed by atoms with E-state index in [-0.39, 0.29) is 39.8 Å². The summed E-state index contributed by atoms with van der Waals surface area (Å²) in [5.41, 5.74) is -0.100. The molecule has 2 heterocycles. The molecule has 168 valence electrons. The third-order valence-corrected chi connectivity index (χ3v) is 5.85. The molecule has 0 bridgehead atoms. The maximum absolute atomic E-state index is 12.9. The second-order valence-electron chi connectivity index (χ2n) is 6.86. The molecule has 0 aliphatic heterocycles. The van der Waals surface area contributed by atoms with Crippen molar-refractivity contribution >= 4 is 44.7 Å². The van der Waals surface area contributed by atoms with E-state index >= 15 is 0 Å². The lowest BCUT2D eigenvalue weighted by Gasteiger charge is -2.09. The van der Waals surface area contributed by atoms with Gasteiger partial charge in [0, 0.05) is 18.7 Å². The van der Waals surface area contributed by atoms with Gasteiger partial charge < -0.3 is 15.4 Å². The van der Waals surface area contributed by atoms with E-state index in [9.17, 15) is 24.5 Å². The van der Waals surface area contributed by atoms with Crippen LogP contribution in [0.3, 0.4) is 0 Å². The predicted octanol–water partition coefficient (Wildman–Crippen LogP) is 2.46. The minimum absolute atomic E-state index is 0.126. The lowest BCUT2D eigenvalue weighted by molar-refractivity contribution is -0.384. The molecule has 2 aromatic heterocycles. The smallest absolute Gasteiger partial charge is 0.271 e. The van der Waals surface area contributed by atoms with E-state index in [1.54, 1.807) is 6.92 Å². The summed E-state index contributed by atoms with van der Waals surface area (Å²) in [4.78, 5) is 53.1. The fourth-order valence-corrected chi connectivity index (χ4v) is 4.08. The first-order chi connectivity index (χ1) is 15.3. The Balaban J connectivity index is 1.94. The van der Waals surface area contributed by atoms with Crippen molar-refractivity contribution in [2.24, 2.45) is 0 Å². The largest absolute Gasteiger partial charge is 0.495 e. The van der Waals surface area contributed by atoms with Crippen molar-refractivity contribution in [3.8, 4) is 5.75 Å². The number of carbonyl (C=O) groups excluding carboxylic acids is 2. The van der Waals surface area contributed by atoms with Gasteiger partial charge in [-0.3, -0.25) is 29.1 Å². The Morgan fingerprint density at radius 3 is 2.75 bits per heavy atom. The molecule has 0 fully saturated rings. The van der Waals surface area contributed by atoms with Crippen LogP contribution in [0.1, 0.15) is 28.6 Å². The Kier molecular flexibility index (Phi) is 6.83. The molecule has 0 saturated carbocycles. The maximum Gasteiger partial charge on any atom is 0.271 e. The molecule has 32 heavy (non-hydrogen) atoms. The van der Waals surface area contributed by atoms with Gasteiger partial charge in [-0.2, -0.15) is 0 Å². The molecule has 0 radical (unpaired) electrons. The van der Waals surface area contributed by atoms with Crippen LogP contribution in [-0.4, -0.2) is 39.9 Å². The number of aryl methyl sites for hydroxylation is 1. The highest BCUT2D eigenvalue weighted by molar-refractivity contribution is 7.20. The topological polar surface area (TPSA) is 145 Å². The highest BCUT2D eigenvalue weighted by Crippen LogP contribution is 2.32. The molecule has 0 atom stereocenters. The molecule has 0 aliphatic carbocycles. The van der Waals surface area contributed by atoms with Gasteiger partial charge in [0.25, 0.3) is 17.2 Å². The van der Waals surface area contributed by atoms with Gasteiger partial charge in [-0.25, -0.2) is 4.98 Å². The van der Waals surface area contributed by atoms with Gasteiger partial charge in [-0.15, -0.1) is 11.3 Å². The van der Waals surface area contributed by atoms with Gasteiger partial charge in [-0.1, -0.05) is 6.92 Å². The number of aromatic nitrogens is 2. The van der Waals surface area contributed by atoms with E-state index in [1.165, 1.54) is 36.2 Å². The third-order valence-electron chi connectivity index (χ3n) is 4.65.